The van der Waals surface area contributed by atoms with Crippen LogP contribution in [0.15, 0.2) is 33.5 Å². The van der Waals surface area contributed by atoms with E-state index in [0.29, 0.717) is 6.29 Å². The van der Waals surface area contributed by atoms with Gasteiger partial charge in [-0.1, -0.05) is 12.1 Å². The van der Waals surface area contributed by atoms with E-state index in [2.05, 4.69) is 0 Å². The van der Waals surface area contributed by atoms with E-state index < -0.39 is 33.2 Å². The maximum atomic E-state index is 12.8. The minimum Gasteiger partial charge on any atom is -0.439 e. The number of rotatable bonds is 4. The summed E-state index contributed by atoms with van der Waals surface area (Å²) in [5, 5.41) is 0.192. The minimum atomic E-state index is -4.74. The fourth-order valence-corrected chi connectivity index (χ4v) is 3.61. The minimum absolute atomic E-state index is 0.149. The molecule has 0 spiro atoms. The third kappa shape index (κ3) is 2.94. The van der Waals surface area contributed by atoms with Crippen molar-refractivity contribution in [3.05, 3.63) is 40.1 Å². The van der Waals surface area contributed by atoms with Gasteiger partial charge in [0.05, 0.1) is 11.1 Å². The zero-order valence-electron chi connectivity index (χ0n) is 12.3. The quantitative estimate of drug-likeness (QED) is 0.606. The molecule has 1 aromatic carbocycles. The van der Waals surface area contributed by atoms with Gasteiger partial charge in [0, 0.05) is 18.9 Å². The molecule has 126 valence electrons. The fraction of sp³-hybridized carbons (Fsp3) is 0.267. The Morgan fingerprint density at radius 3 is 2.67 bits per heavy atom. The van der Waals surface area contributed by atoms with Crippen molar-refractivity contribution in [3.8, 4) is 0 Å². The van der Waals surface area contributed by atoms with E-state index in [1.165, 1.54) is 12.1 Å². The largest absolute Gasteiger partial charge is 0.439 e. The van der Waals surface area contributed by atoms with E-state index in [9.17, 15) is 26.7 Å². The molecule has 0 radical (unpaired) electrons. The summed E-state index contributed by atoms with van der Waals surface area (Å²) in [5.41, 5.74) is -0.723. The Kier molecular flexibility index (Phi) is 3.96. The van der Waals surface area contributed by atoms with Gasteiger partial charge in [-0.15, -0.1) is 3.89 Å². The Labute approximate surface area is 135 Å². The molecule has 0 bridgehead atoms. The molecule has 1 amide bonds. The number of aldehydes is 1. The predicted molar refractivity (Wildman–Crippen MR) is 83.2 cm³/mol. The number of halogens is 1. The highest BCUT2D eigenvalue weighted by Crippen LogP contribution is 2.29. The molecule has 1 aliphatic rings. The van der Waals surface area contributed by atoms with Crippen molar-refractivity contribution in [2.45, 2.75) is 6.42 Å². The van der Waals surface area contributed by atoms with Gasteiger partial charge in [0.15, 0.2) is 6.29 Å². The first-order valence-electron chi connectivity index (χ1n) is 7.04. The van der Waals surface area contributed by atoms with E-state index in [-0.39, 0.29) is 35.4 Å². The molecule has 7 nitrogen and oxygen atoms in total. The monoisotopic (exact) mass is 353 g/mol. The topological polar surface area (TPSA) is 102 Å². The summed E-state index contributed by atoms with van der Waals surface area (Å²) < 4.78 is 39.9. The van der Waals surface area contributed by atoms with Gasteiger partial charge in [0.1, 0.15) is 11.1 Å². The summed E-state index contributed by atoms with van der Waals surface area (Å²) in [6.07, 6.45) is 0.0814. The van der Waals surface area contributed by atoms with Gasteiger partial charge < -0.3 is 4.42 Å². The summed E-state index contributed by atoms with van der Waals surface area (Å²) >= 11 is 0. The van der Waals surface area contributed by atoms with Crippen molar-refractivity contribution < 1.29 is 26.3 Å². The number of nitrogens with zero attached hydrogens (tertiary/aromatic N) is 1. The summed E-state index contributed by atoms with van der Waals surface area (Å²) in [5.74, 6) is -2.35. The number of anilines is 1. The molecule has 1 unspecified atom stereocenters. The van der Waals surface area contributed by atoms with Gasteiger partial charge in [0.2, 0.25) is 17.2 Å². The van der Waals surface area contributed by atoms with Gasteiger partial charge >= 0.3 is 10.2 Å². The van der Waals surface area contributed by atoms with Crippen LogP contribution < -0.4 is 10.3 Å². The normalized spacial score (nSPS) is 18.3. The molecule has 2 aromatic rings. The molecule has 2 heterocycles. The Morgan fingerprint density at radius 2 is 2.00 bits per heavy atom. The van der Waals surface area contributed by atoms with Crippen molar-refractivity contribution in [1.29, 1.82) is 0 Å². The zero-order chi connectivity index (χ0) is 17.5. The van der Waals surface area contributed by atoms with Crippen LogP contribution in [0.4, 0.5) is 9.77 Å². The molecule has 0 saturated carbocycles. The molecule has 24 heavy (non-hydrogen) atoms. The van der Waals surface area contributed by atoms with E-state index in [1.807, 2.05) is 0 Å². The number of carbonyl (C=O) groups is 2. The van der Waals surface area contributed by atoms with Crippen LogP contribution in [0.5, 0.6) is 0 Å². The van der Waals surface area contributed by atoms with Gasteiger partial charge in [-0.25, -0.2) is 0 Å². The van der Waals surface area contributed by atoms with Crippen LogP contribution in [0.1, 0.15) is 16.8 Å². The van der Waals surface area contributed by atoms with Gasteiger partial charge in [-0.2, -0.15) is 8.42 Å². The van der Waals surface area contributed by atoms with E-state index in [1.54, 1.807) is 12.1 Å². The van der Waals surface area contributed by atoms with Crippen LogP contribution >= 0.6 is 0 Å². The lowest BCUT2D eigenvalue weighted by atomic mass is 10.1. The highest BCUT2D eigenvalue weighted by molar-refractivity contribution is 7.86. The zero-order valence-corrected chi connectivity index (χ0v) is 13.1. The lowest BCUT2D eigenvalue weighted by Crippen LogP contribution is -2.28. The maximum absolute atomic E-state index is 12.8. The van der Waals surface area contributed by atoms with E-state index in [4.69, 9.17) is 4.42 Å². The van der Waals surface area contributed by atoms with Crippen LogP contribution in [0.25, 0.3) is 11.0 Å². The number of carbonyl (C=O) groups excluding carboxylic acids is 2. The highest BCUT2D eigenvalue weighted by atomic mass is 32.3. The second-order valence-corrected chi connectivity index (χ2v) is 6.96. The molecule has 3 rings (SSSR count). The lowest BCUT2D eigenvalue weighted by molar-refractivity contribution is -0.117. The number of para-hydroxylation sites is 1. The molecule has 9 heteroatoms. The Morgan fingerprint density at radius 1 is 1.29 bits per heavy atom. The van der Waals surface area contributed by atoms with Crippen molar-refractivity contribution in [1.82, 2.24) is 0 Å². The lowest BCUT2D eigenvalue weighted by Gasteiger charge is -2.17. The number of benzene rings is 1. The van der Waals surface area contributed by atoms with Crippen LogP contribution in [0, 0.1) is 5.92 Å². The standard InChI is InChI=1S/C15H12FNO6S/c16-24(21,22)8-9-5-13(19)17(6-9)15-11(7-18)14(20)10-3-1-2-4-12(10)23-15/h1-4,7,9H,5-6,8H2. The van der Waals surface area contributed by atoms with Crippen LogP contribution in [-0.4, -0.2) is 32.9 Å². The SMILES string of the molecule is O=Cc1c(N2CC(CS(=O)(=O)F)CC2=O)oc2ccccc2c1=O. The molecule has 1 aliphatic heterocycles. The molecule has 0 aliphatic carbocycles. The second-order valence-electron chi connectivity index (χ2n) is 5.54. The van der Waals surface area contributed by atoms with Crippen molar-refractivity contribution in [2.24, 2.45) is 5.92 Å². The molecular formula is C15H12FNO6S. The first-order chi connectivity index (χ1) is 11.3. The number of hydrogen-bond donors (Lipinski definition) is 0. The summed E-state index contributed by atoms with van der Waals surface area (Å²) in [6, 6.07) is 6.23. The molecule has 1 aromatic heterocycles. The highest BCUT2D eigenvalue weighted by Gasteiger charge is 2.36. The molecule has 0 N–H and O–H groups in total. The van der Waals surface area contributed by atoms with Crippen molar-refractivity contribution in [3.63, 3.8) is 0 Å². The second kappa shape index (κ2) is 5.82. The van der Waals surface area contributed by atoms with Gasteiger partial charge in [-0.3, -0.25) is 19.3 Å². The van der Waals surface area contributed by atoms with Crippen LogP contribution in [0.2, 0.25) is 0 Å². The number of hydrogen-bond acceptors (Lipinski definition) is 6. The van der Waals surface area contributed by atoms with E-state index >= 15 is 0 Å². The molecule has 1 saturated heterocycles. The van der Waals surface area contributed by atoms with Crippen LogP contribution in [-0.2, 0) is 15.0 Å². The fourth-order valence-electron chi connectivity index (χ4n) is 2.82. The van der Waals surface area contributed by atoms with Crippen molar-refractivity contribution in [2.75, 3.05) is 17.2 Å². The van der Waals surface area contributed by atoms with Crippen LogP contribution in [0.3, 0.4) is 0 Å². The summed E-state index contributed by atoms with van der Waals surface area (Å²) in [6.45, 7) is -0.149. The Bertz CT molecular complexity index is 997. The predicted octanol–water partition coefficient (Wildman–Crippen LogP) is 1.26. The van der Waals surface area contributed by atoms with Crippen molar-refractivity contribution >= 4 is 39.3 Å². The third-order valence-electron chi connectivity index (χ3n) is 3.82. The Balaban J connectivity index is 2.08. The first-order valence-corrected chi connectivity index (χ1v) is 8.59. The maximum Gasteiger partial charge on any atom is 0.302 e. The number of amides is 1. The van der Waals surface area contributed by atoms with Gasteiger partial charge in [0.25, 0.3) is 0 Å². The summed E-state index contributed by atoms with van der Waals surface area (Å²) in [4.78, 5) is 36.8. The molecular weight excluding hydrogens is 341 g/mol. The van der Waals surface area contributed by atoms with E-state index in [0.717, 1.165) is 4.90 Å². The average Bonchev–Trinajstić information content (AvgIpc) is 2.85. The molecule has 1 fully saturated rings. The molecule has 1 atom stereocenters. The number of fused-ring (bicyclic) bond motifs is 1. The Hall–Kier alpha value is -2.55. The summed E-state index contributed by atoms with van der Waals surface area (Å²) in [7, 11) is -4.74. The average molecular weight is 353 g/mol. The smallest absolute Gasteiger partial charge is 0.302 e. The first kappa shape index (κ1) is 16.3. The third-order valence-corrected chi connectivity index (χ3v) is 4.69. The van der Waals surface area contributed by atoms with Gasteiger partial charge in [-0.05, 0) is 12.1 Å².